The van der Waals surface area contributed by atoms with E-state index in [4.69, 9.17) is 5.11 Å². The molecule has 0 spiro atoms. The minimum absolute atomic E-state index is 0.103. The number of rotatable bonds is 7. The van der Waals surface area contributed by atoms with Crippen LogP contribution >= 0.6 is 0 Å². The van der Waals surface area contributed by atoms with Crippen LogP contribution < -0.4 is 10.2 Å². The Morgan fingerprint density at radius 1 is 1.28 bits per heavy atom. The van der Waals surface area contributed by atoms with Crippen LogP contribution in [0.2, 0.25) is 0 Å². The van der Waals surface area contributed by atoms with E-state index in [9.17, 15) is 0 Å². The summed E-state index contributed by atoms with van der Waals surface area (Å²) in [5.41, 5.74) is 3.57. The highest BCUT2D eigenvalue weighted by Gasteiger charge is 2.22. The van der Waals surface area contributed by atoms with Crippen molar-refractivity contribution in [1.82, 2.24) is 14.7 Å². The molecule has 3 rings (SSSR count). The van der Waals surface area contributed by atoms with Gasteiger partial charge in [0, 0.05) is 31.5 Å². The van der Waals surface area contributed by atoms with E-state index in [1.807, 2.05) is 6.20 Å². The van der Waals surface area contributed by atoms with Crippen molar-refractivity contribution in [2.24, 2.45) is 0 Å². The molecule has 2 aromatic rings. The second-order valence-electron chi connectivity index (χ2n) is 6.84. The summed E-state index contributed by atoms with van der Waals surface area (Å²) in [6, 6.07) is 9.21. The molecule has 6 heteroatoms. The minimum atomic E-state index is 0.103. The highest BCUT2D eigenvalue weighted by atomic mass is 16.3. The molecule has 1 aliphatic rings. The van der Waals surface area contributed by atoms with E-state index in [0.717, 1.165) is 12.2 Å². The van der Waals surface area contributed by atoms with Crippen molar-refractivity contribution < 1.29 is 5.11 Å². The van der Waals surface area contributed by atoms with Crippen LogP contribution in [0.5, 0.6) is 0 Å². The number of nitrogens with zero attached hydrogens (tertiary/aromatic N) is 4. The van der Waals surface area contributed by atoms with Crippen LogP contribution in [-0.4, -0.2) is 59.6 Å². The molecule has 1 aromatic heterocycles. The van der Waals surface area contributed by atoms with Gasteiger partial charge in [-0.15, -0.1) is 0 Å². The van der Waals surface area contributed by atoms with Gasteiger partial charge in [0.1, 0.15) is 0 Å². The lowest BCUT2D eigenvalue weighted by atomic mass is 10.0. The average molecular weight is 343 g/mol. The number of hydrogen-bond donors (Lipinski definition) is 2. The molecule has 2 heterocycles. The molecule has 136 valence electrons. The van der Waals surface area contributed by atoms with Crippen molar-refractivity contribution in [3.63, 3.8) is 0 Å². The quantitative estimate of drug-likeness (QED) is 0.805. The first-order valence-corrected chi connectivity index (χ1v) is 9.04. The van der Waals surface area contributed by atoms with Gasteiger partial charge in [-0.25, -0.2) is 0 Å². The average Bonchev–Trinajstić information content (AvgIpc) is 3.08. The molecule has 0 saturated carbocycles. The number of benzene rings is 1. The third-order valence-electron chi connectivity index (χ3n) is 5.05. The smallest absolute Gasteiger partial charge is 0.0729 e. The third-order valence-corrected chi connectivity index (χ3v) is 5.05. The summed E-state index contributed by atoms with van der Waals surface area (Å²) in [5.74, 6) is 0. The highest BCUT2D eigenvalue weighted by molar-refractivity contribution is 5.55. The summed E-state index contributed by atoms with van der Waals surface area (Å²) in [5, 5.41) is 16.7. The third kappa shape index (κ3) is 4.52. The van der Waals surface area contributed by atoms with E-state index >= 15 is 0 Å². The molecule has 0 atom stereocenters. The Hall–Kier alpha value is -2.05. The maximum absolute atomic E-state index is 8.98. The first kappa shape index (κ1) is 17.8. The molecule has 0 aliphatic carbocycles. The van der Waals surface area contributed by atoms with Crippen LogP contribution in [0.25, 0.3) is 0 Å². The van der Waals surface area contributed by atoms with Crippen molar-refractivity contribution >= 4 is 11.4 Å². The Bertz CT molecular complexity index is 663. The largest absolute Gasteiger partial charge is 0.394 e. The summed E-state index contributed by atoms with van der Waals surface area (Å²) >= 11 is 0. The highest BCUT2D eigenvalue weighted by Crippen LogP contribution is 2.26. The van der Waals surface area contributed by atoms with Crippen LogP contribution in [-0.2, 0) is 13.1 Å². The van der Waals surface area contributed by atoms with Crippen molar-refractivity contribution in [2.75, 3.05) is 44.0 Å². The minimum Gasteiger partial charge on any atom is -0.394 e. The van der Waals surface area contributed by atoms with Crippen molar-refractivity contribution in [1.29, 1.82) is 0 Å². The fourth-order valence-corrected chi connectivity index (χ4v) is 3.46. The molecule has 1 aromatic carbocycles. The van der Waals surface area contributed by atoms with E-state index in [1.165, 1.54) is 37.2 Å². The summed E-state index contributed by atoms with van der Waals surface area (Å²) in [6.07, 6.45) is 6.16. The molecular formula is C19H29N5O. The number of aliphatic hydroxyl groups is 1. The molecule has 1 fully saturated rings. The first-order chi connectivity index (χ1) is 12.2. The predicted octanol–water partition coefficient (Wildman–Crippen LogP) is 2.02. The van der Waals surface area contributed by atoms with E-state index < -0.39 is 0 Å². The Labute approximate surface area is 150 Å². The normalized spacial score (nSPS) is 16.1. The maximum atomic E-state index is 8.98. The van der Waals surface area contributed by atoms with Gasteiger partial charge in [0.25, 0.3) is 0 Å². The second kappa shape index (κ2) is 8.36. The van der Waals surface area contributed by atoms with Crippen LogP contribution in [0.3, 0.4) is 0 Å². The SMILES string of the molecule is CN1CCC(N(C)c2ccccc2CNc2cnn(CCO)c2)CC1. The van der Waals surface area contributed by atoms with Gasteiger partial charge in [-0.3, -0.25) is 4.68 Å². The van der Waals surface area contributed by atoms with Gasteiger partial charge in [0.15, 0.2) is 0 Å². The summed E-state index contributed by atoms with van der Waals surface area (Å²) in [4.78, 5) is 4.85. The summed E-state index contributed by atoms with van der Waals surface area (Å²) in [7, 11) is 4.42. The molecule has 1 aliphatic heterocycles. The van der Waals surface area contributed by atoms with E-state index in [2.05, 4.69) is 58.6 Å². The Morgan fingerprint density at radius 3 is 2.80 bits per heavy atom. The number of likely N-dealkylation sites (tertiary alicyclic amines) is 1. The van der Waals surface area contributed by atoms with Crippen LogP contribution in [0.15, 0.2) is 36.7 Å². The molecule has 0 radical (unpaired) electrons. The van der Waals surface area contributed by atoms with Gasteiger partial charge in [-0.1, -0.05) is 18.2 Å². The predicted molar refractivity (Wildman–Crippen MR) is 102 cm³/mol. The number of anilines is 2. The number of hydrogen-bond acceptors (Lipinski definition) is 5. The summed E-state index contributed by atoms with van der Waals surface area (Å²) in [6.45, 7) is 3.72. The molecule has 2 N–H and O–H groups in total. The van der Waals surface area contributed by atoms with Crippen LogP contribution in [0, 0.1) is 0 Å². The first-order valence-electron chi connectivity index (χ1n) is 9.04. The van der Waals surface area contributed by atoms with Gasteiger partial charge in [0.2, 0.25) is 0 Å². The van der Waals surface area contributed by atoms with Crippen molar-refractivity contribution in [2.45, 2.75) is 32.0 Å². The van der Waals surface area contributed by atoms with Crippen molar-refractivity contribution in [3.05, 3.63) is 42.2 Å². The summed E-state index contributed by atoms with van der Waals surface area (Å²) < 4.78 is 1.75. The number of piperidine rings is 1. The monoisotopic (exact) mass is 343 g/mol. The molecular weight excluding hydrogens is 314 g/mol. The van der Waals surface area contributed by atoms with E-state index in [0.29, 0.717) is 12.6 Å². The Kier molecular flexibility index (Phi) is 5.94. The topological polar surface area (TPSA) is 56.6 Å². The Morgan fingerprint density at radius 2 is 2.04 bits per heavy atom. The molecule has 6 nitrogen and oxygen atoms in total. The van der Waals surface area contributed by atoms with Gasteiger partial charge >= 0.3 is 0 Å². The number of aliphatic hydroxyl groups excluding tert-OH is 1. The van der Waals surface area contributed by atoms with Gasteiger partial charge < -0.3 is 20.2 Å². The van der Waals surface area contributed by atoms with Gasteiger partial charge in [0.05, 0.1) is 25.0 Å². The standard InChI is InChI=1S/C19H29N5O/c1-22-9-7-18(8-10-22)23(2)19-6-4-3-5-16(19)13-20-17-14-21-24(15-17)11-12-25/h3-6,14-15,18,20,25H,7-13H2,1-2H3. The number of aromatic nitrogens is 2. The second-order valence-corrected chi connectivity index (χ2v) is 6.84. The fraction of sp³-hybridized carbons (Fsp3) is 0.526. The van der Waals surface area contributed by atoms with Crippen molar-refractivity contribution in [3.8, 4) is 0 Å². The lowest BCUT2D eigenvalue weighted by Crippen LogP contribution is -2.42. The lowest BCUT2D eigenvalue weighted by molar-refractivity contribution is 0.253. The zero-order valence-electron chi connectivity index (χ0n) is 15.2. The maximum Gasteiger partial charge on any atom is 0.0729 e. The molecule has 0 bridgehead atoms. The molecule has 0 unspecified atom stereocenters. The zero-order valence-corrected chi connectivity index (χ0v) is 15.2. The fourth-order valence-electron chi connectivity index (χ4n) is 3.46. The van der Waals surface area contributed by atoms with Crippen LogP contribution in [0.1, 0.15) is 18.4 Å². The molecule has 0 amide bonds. The van der Waals surface area contributed by atoms with Crippen LogP contribution in [0.4, 0.5) is 11.4 Å². The van der Waals surface area contributed by atoms with Gasteiger partial charge in [-0.05, 0) is 44.6 Å². The Balaban J connectivity index is 1.65. The van der Waals surface area contributed by atoms with E-state index in [-0.39, 0.29) is 6.61 Å². The number of nitrogens with one attached hydrogen (secondary N) is 1. The zero-order chi connectivity index (χ0) is 17.6. The molecule has 25 heavy (non-hydrogen) atoms. The lowest BCUT2D eigenvalue weighted by Gasteiger charge is -2.37. The molecule has 1 saturated heterocycles. The van der Waals surface area contributed by atoms with E-state index in [1.54, 1.807) is 10.9 Å². The van der Waals surface area contributed by atoms with Gasteiger partial charge in [-0.2, -0.15) is 5.10 Å². The number of para-hydroxylation sites is 1.